The average Bonchev–Trinajstić information content (AvgIpc) is 2.74. The number of hydrogen-bond acceptors (Lipinski definition) is 2. The summed E-state index contributed by atoms with van der Waals surface area (Å²) >= 11 is 6.01. The van der Waals surface area contributed by atoms with Gasteiger partial charge in [0.1, 0.15) is 0 Å². The average molecular weight is 278 g/mol. The van der Waals surface area contributed by atoms with Gasteiger partial charge in [0.05, 0.1) is 6.61 Å². The fraction of sp³-hybridized carbons (Fsp3) is 0.500. The van der Waals surface area contributed by atoms with E-state index in [0.29, 0.717) is 16.1 Å². The Kier molecular flexibility index (Phi) is 2.63. The first-order chi connectivity index (χ1) is 8.46. The lowest BCUT2D eigenvalue weighted by Gasteiger charge is -2.41. The van der Waals surface area contributed by atoms with Gasteiger partial charge in [0.15, 0.2) is 5.60 Å². The van der Waals surface area contributed by atoms with E-state index in [0.717, 1.165) is 0 Å². The van der Waals surface area contributed by atoms with Crippen molar-refractivity contribution in [3.63, 3.8) is 0 Å². The van der Waals surface area contributed by atoms with Crippen LogP contribution < -0.4 is 5.32 Å². The number of ether oxygens (including phenoxy) is 1. The molecule has 1 aromatic carbocycles. The normalized spacial score (nSPS) is 31.0. The topological polar surface area (TPSA) is 21.3 Å². The monoisotopic (exact) mass is 277 g/mol. The van der Waals surface area contributed by atoms with Crippen LogP contribution >= 0.6 is 11.6 Å². The first kappa shape index (κ1) is 12.3. The number of nitrogens with one attached hydrogen (secondary N) is 1. The Balaban J connectivity index is 2.13. The van der Waals surface area contributed by atoms with Gasteiger partial charge in [-0.25, -0.2) is 0 Å². The minimum atomic E-state index is -4.39. The van der Waals surface area contributed by atoms with Crippen LogP contribution in [-0.4, -0.2) is 24.9 Å². The van der Waals surface area contributed by atoms with Gasteiger partial charge >= 0.3 is 6.18 Å². The van der Waals surface area contributed by atoms with Crippen LogP contribution in [0.15, 0.2) is 18.2 Å². The molecule has 1 fully saturated rings. The maximum absolute atomic E-state index is 13.3. The molecule has 1 saturated heterocycles. The molecule has 0 radical (unpaired) electrons. The summed E-state index contributed by atoms with van der Waals surface area (Å²) < 4.78 is 45.0. The highest BCUT2D eigenvalue weighted by Crippen LogP contribution is 2.51. The largest absolute Gasteiger partial charge is 0.419 e. The minimum absolute atomic E-state index is 0.0906. The number of rotatable bonds is 0. The highest BCUT2D eigenvalue weighted by molar-refractivity contribution is 6.31. The van der Waals surface area contributed by atoms with E-state index < -0.39 is 17.7 Å². The summed E-state index contributed by atoms with van der Waals surface area (Å²) in [6.07, 6.45) is -4.39. The summed E-state index contributed by atoms with van der Waals surface area (Å²) in [6.45, 7) is -0.0351. The molecule has 3 rings (SSSR count). The molecule has 2 heterocycles. The van der Waals surface area contributed by atoms with Crippen LogP contribution in [-0.2, 0) is 11.3 Å². The molecule has 2 unspecified atom stereocenters. The molecule has 6 heteroatoms. The molecule has 2 atom stereocenters. The lowest BCUT2D eigenvalue weighted by Crippen LogP contribution is -2.54. The van der Waals surface area contributed by atoms with Crippen molar-refractivity contribution in [1.29, 1.82) is 0 Å². The van der Waals surface area contributed by atoms with Gasteiger partial charge in [-0.05, 0) is 17.2 Å². The van der Waals surface area contributed by atoms with E-state index in [1.165, 1.54) is 0 Å². The molecule has 0 aliphatic carbocycles. The van der Waals surface area contributed by atoms with Crippen molar-refractivity contribution < 1.29 is 17.9 Å². The second kappa shape index (κ2) is 3.85. The van der Waals surface area contributed by atoms with Crippen LogP contribution in [0.5, 0.6) is 0 Å². The van der Waals surface area contributed by atoms with Crippen molar-refractivity contribution in [2.24, 2.45) is 0 Å². The van der Waals surface area contributed by atoms with Gasteiger partial charge < -0.3 is 10.1 Å². The maximum Gasteiger partial charge on any atom is 0.419 e. The van der Waals surface area contributed by atoms with Crippen molar-refractivity contribution >= 4 is 11.6 Å². The Bertz CT molecular complexity index is 491. The van der Waals surface area contributed by atoms with Gasteiger partial charge in [0, 0.05) is 24.0 Å². The van der Waals surface area contributed by atoms with E-state index in [1.807, 2.05) is 0 Å². The fourth-order valence-electron chi connectivity index (χ4n) is 2.84. The molecule has 1 N–H and O–H groups in total. The number of fused-ring (bicyclic) bond motifs is 3. The van der Waals surface area contributed by atoms with Gasteiger partial charge in [0.25, 0.3) is 0 Å². The molecule has 0 amide bonds. The molecule has 2 nitrogen and oxygen atoms in total. The zero-order valence-corrected chi connectivity index (χ0v) is 10.1. The number of benzene rings is 1. The van der Waals surface area contributed by atoms with Crippen molar-refractivity contribution in [1.82, 2.24) is 5.32 Å². The van der Waals surface area contributed by atoms with Crippen LogP contribution in [0, 0.1) is 0 Å². The van der Waals surface area contributed by atoms with E-state index in [4.69, 9.17) is 16.3 Å². The summed E-state index contributed by atoms with van der Waals surface area (Å²) in [4.78, 5) is 0. The molecule has 0 bridgehead atoms. The van der Waals surface area contributed by atoms with Gasteiger partial charge in [0.2, 0.25) is 0 Å². The Morgan fingerprint density at radius 1 is 1.39 bits per heavy atom. The predicted molar refractivity (Wildman–Crippen MR) is 60.6 cm³/mol. The van der Waals surface area contributed by atoms with Gasteiger partial charge in [-0.3, -0.25) is 0 Å². The zero-order chi connectivity index (χ0) is 13.0. The third kappa shape index (κ3) is 1.51. The second-order valence-electron chi connectivity index (χ2n) is 4.67. The summed E-state index contributed by atoms with van der Waals surface area (Å²) in [5, 5.41) is 3.25. The van der Waals surface area contributed by atoms with Gasteiger partial charge in [-0.15, -0.1) is 0 Å². The van der Waals surface area contributed by atoms with Crippen LogP contribution in [0.4, 0.5) is 13.2 Å². The molecular weight excluding hydrogens is 267 g/mol. The smallest absolute Gasteiger partial charge is 0.359 e. The van der Waals surface area contributed by atoms with Crippen LogP contribution in [0.2, 0.25) is 5.02 Å². The zero-order valence-electron chi connectivity index (χ0n) is 9.35. The van der Waals surface area contributed by atoms with Crippen molar-refractivity contribution in [2.75, 3.05) is 13.1 Å². The van der Waals surface area contributed by atoms with Crippen LogP contribution in [0.1, 0.15) is 17.0 Å². The molecule has 0 saturated carbocycles. The van der Waals surface area contributed by atoms with Gasteiger partial charge in [-0.1, -0.05) is 23.7 Å². The van der Waals surface area contributed by atoms with E-state index in [1.54, 1.807) is 18.2 Å². The first-order valence-corrected chi connectivity index (χ1v) is 6.02. The van der Waals surface area contributed by atoms with Gasteiger partial charge in [-0.2, -0.15) is 13.2 Å². The molecule has 98 valence electrons. The number of hydrogen-bond donors (Lipinski definition) is 1. The number of alkyl halides is 3. The number of halogens is 4. The quantitative estimate of drug-likeness (QED) is 0.787. The predicted octanol–water partition coefficient (Wildman–Crippen LogP) is 2.86. The Morgan fingerprint density at radius 2 is 2.17 bits per heavy atom. The summed E-state index contributed by atoms with van der Waals surface area (Å²) in [5.74, 6) is -0.722. The fourth-order valence-corrected chi connectivity index (χ4v) is 3.07. The van der Waals surface area contributed by atoms with E-state index in [2.05, 4.69) is 5.32 Å². The Hall–Kier alpha value is -0.780. The van der Waals surface area contributed by atoms with Crippen molar-refractivity contribution in [2.45, 2.75) is 24.3 Å². The molecule has 1 aromatic rings. The van der Waals surface area contributed by atoms with E-state index >= 15 is 0 Å². The molecule has 18 heavy (non-hydrogen) atoms. The Labute approximate surface area is 107 Å². The van der Waals surface area contributed by atoms with E-state index in [-0.39, 0.29) is 19.7 Å². The highest BCUT2D eigenvalue weighted by atomic mass is 35.5. The maximum atomic E-state index is 13.3. The Morgan fingerprint density at radius 3 is 2.89 bits per heavy atom. The van der Waals surface area contributed by atoms with Crippen molar-refractivity contribution in [3.05, 3.63) is 34.3 Å². The lowest BCUT2D eigenvalue weighted by molar-refractivity contribution is -0.283. The third-order valence-corrected chi connectivity index (χ3v) is 4.14. The van der Waals surface area contributed by atoms with Crippen LogP contribution in [0.25, 0.3) is 0 Å². The molecule has 0 spiro atoms. The lowest BCUT2D eigenvalue weighted by atomic mass is 9.80. The first-order valence-electron chi connectivity index (χ1n) is 5.64. The van der Waals surface area contributed by atoms with Crippen molar-refractivity contribution in [3.8, 4) is 0 Å². The standard InChI is InChI=1S/C12H11ClF3NO/c13-10-3-1-2-7-8(10)5-18-11(12(14,15)16)6-17-4-9(7)11/h1-3,9,17H,4-6H2. The molecule has 0 aromatic heterocycles. The van der Waals surface area contributed by atoms with Crippen LogP contribution in [0.3, 0.4) is 0 Å². The second-order valence-corrected chi connectivity index (χ2v) is 5.07. The summed E-state index contributed by atoms with van der Waals surface area (Å²) in [6, 6.07) is 5.07. The summed E-state index contributed by atoms with van der Waals surface area (Å²) in [5.41, 5.74) is -0.783. The highest BCUT2D eigenvalue weighted by Gasteiger charge is 2.64. The molecule has 2 aliphatic heterocycles. The summed E-state index contributed by atoms with van der Waals surface area (Å²) in [7, 11) is 0. The van der Waals surface area contributed by atoms with E-state index in [9.17, 15) is 13.2 Å². The molecular formula is C12H11ClF3NO. The minimum Gasteiger partial charge on any atom is -0.359 e. The SMILES string of the molecule is FC(F)(F)C12CNCC1c1cccc(Cl)c1CO2. The third-order valence-electron chi connectivity index (χ3n) is 3.78. The molecule has 2 aliphatic rings.